The molecule has 16 nitrogen and oxygen atoms in total. The van der Waals surface area contributed by atoms with Crippen molar-refractivity contribution in [2.75, 3.05) is 28.3 Å². The Morgan fingerprint density at radius 1 is 0.690 bits per heavy atom. The van der Waals surface area contributed by atoms with Gasteiger partial charge in [0.1, 0.15) is 11.3 Å². The number of rotatable bonds is 28. The van der Waals surface area contributed by atoms with E-state index in [-0.39, 0.29) is 23.8 Å². The molecule has 0 spiro atoms. The zero-order valence-corrected chi connectivity index (χ0v) is 42.4. The number of aromatic nitrogens is 6. The summed E-state index contributed by atoms with van der Waals surface area (Å²) < 4.78 is 11.0. The fraction of sp³-hybridized carbons (Fsp3) is 0.444. The third kappa shape index (κ3) is 16.3. The molecule has 0 saturated heterocycles. The van der Waals surface area contributed by atoms with E-state index in [4.69, 9.17) is 32.5 Å². The summed E-state index contributed by atoms with van der Waals surface area (Å²) in [6, 6.07) is 25.7. The van der Waals surface area contributed by atoms with E-state index in [0.29, 0.717) is 72.8 Å². The standard InChI is InChI=1S/C54H71ClN10O6/c1-35(26-42-24-22-40(30-58-42)51(66)46(56)12-8-6-10-36-14-18-38(19-15-36)53(68)64(2)32-43-28-45(34-70-4)62-60-43)27-49(71-5)48-29-44(61-63-48)33-65(3)54(69)39-20-16-37(17-21-39)11-7-9-13-47(57)52(67)41-23-25-50(55)59-31-41/h14-25,28-31,35,46-47,49,51-52,66-67H,6-13,26-27,32-34,56-57H2,1-5H3,(H,60,62)(H,61,63). The molecule has 6 aromatic rings. The van der Waals surface area contributed by atoms with Crippen molar-refractivity contribution in [1.82, 2.24) is 40.2 Å². The Labute approximate surface area is 422 Å². The number of hydrogen-bond donors (Lipinski definition) is 6. The maximum atomic E-state index is 13.4. The van der Waals surface area contributed by atoms with Crippen LogP contribution in [0.3, 0.4) is 0 Å². The first-order valence-electron chi connectivity index (χ1n) is 24.4. The third-order valence-electron chi connectivity index (χ3n) is 12.9. The molecule has 0 radical (unpaired) electrons. The predicted molar refractivity (Wildman–Crippen MR) is 274 cm³/mol. The monoisotopic (exact) mass is 991 g/mol. The zero-order valence-electron chi connectivity index (χ0n) is 41.6. The van der Waals surface area contributed by atoms with Crippen LogP contribution in [0.15, 0.2) is 97.3 Å². The fourth-order valence-corrected chi connectivity index (χ4v) is 8.84. The summed E-state index contributed by atoms with van der Waals surface area (Å²) in [5, 5.41) is 36.8. The van der Waals surface area contributed by atoms with Crippen LogP contribution in [0.5, 0.6) is 0 Å². The first kappa shape index (κ1) is 54.5. The first-order chi connectivity index (χ1) is 34.2. The number of carbonyl (C=O) groups is 2. The van der Waals surface area contributed by atoms with Crippen LogP contribution in [0.1, 0.15) is 142 Å². The zero-order chi connectivity index (χ0) is 50.9. The molecule has 0 aliphatic rings. The van der Waals surface area contributed by atoms with Crippen molar-refractivity contribution in [3.8, 4) is 0 Å². The maximum Gasteiger partial charge on any atom is 0.253 e. The van der Waals surface area contributed by atoms with Crippen molar-refractivity contribution < 1.29 is 29.3 Å². The highest BCUT2D eigenvalue weighted by Crippen LogP contribution is 2.27. The number of ether oxygens (including phenoxy) is 2. The lowest BCUT2D eigenvalue weighted by Gasteiger charge is -2.20. The highest BCUT2D eigenvalue weighted by atomic mass is 35.5. The summed E-state index contributed by atoms with van der Waals surface area (Å²) in [4.78, 5) is 38.4. The van der Waals surface area contributed by atoms with E-state index in [1.807, 2.05) is 72.8 Å². The summed E-state index contributed by atoms with van der Waals surface area (Å²) in [5.41, 5.74) is 21.7. The molecule has 0 saturated carbocycles. The van der Waals surface area contributed by atoms with Gasteiger partial charge in [-0.05, 0) is 117 Å². The molecule has 17 heteroatoms. The topological polar surface area (TPSA) is 235 Å². The van der Waals surface area contributed by atoms with Crippen molar-refractivity contribution in [2.24, 2.45) is 17.4 Å². The number of unbranched alkanes of at least 4 members (excludes halogenated alkanes) is 2. The van der Waals surface area contributed by atoms with Gasteiger partial charge >= 0.3 is 0 Å². The van der Waals surface area contributed by atoms with Gasteiger partial charge in [0.05, 0.1) is 54.7 Å². The van der Waals surface area contributed by atoms with Gasteiger partial charge in [-0.3, -0.25) is 24.8 Å². The van der Waals surface area contributed by atoms with Crippen molar-refractivity contribution >= 4 is 23.4 Å². The van der Waals surface area contributed by atoms with Crippen LogP contribution in [-0.4, -0.2) is 103 Å². The number of aromatic amines is 2. The van der Waals surface area contributed by atoms with Gasteiger partial charge in [0, 0.05) is 80.7 Å². The van der Waals surface area contributed by atoms with E-state index in [1.165, 1.54) is 0 Å². The van der Waals surface area contributed by atoms with E-state index in [1.54, 1.807) is 62.6 Å². The molecule has 2 aromatic carbocycles. The molecule has 6 unspecified atom stereocenters. The summed E-state index contributed by atoms with van der Waals surface area (Å²) in [7, 11) is 6.84. The SMILES string of the molecule is COCc1cc(CN(C)C(=O)c2ccc(CCCCC(N)C(O)c3ccc(CC(C)CC(OC)c4cc(CN(C)C(=O)c5ccc(CCCCC(N)C(O)c6ccc(Cl)nc6)cc5)[nH]n4)nc3)cc2)[nH]n1. The highest BCUT2D eigenvalue weighted by Gasteiger charge is 2.22. The molecule has 0 fully saturated rings. The predicted octanol–water partition coefficient (Wildman–Crippen LogP) is 7.77. The van der Waals surface area contributed by atoms with Crippen LogP contribution in [0, 0.1) is 5.92 Å². The molecule has 8 N–H and O–H groups in total. The number of nitrogens with zero attached hydrogens (tertiary/aromatic N) is 6. The minimum absolute atomic E-state index is 0.0666. The molecule has 71 heavy (non-hydrogen) atoms. The average molecular weight is 992 g/mol. The number of nitrogens with two attached hydrogens (primary N) is 2. The van der Waals surface area contributed by atoms with Gasteiger partial charge in [0.15, 0.2) is 0 Å². The van der Waals surface area contributed by atoms with Crippen LogP contribution < -0.4 is 11.5 Å². The molecular weight excluding hydrogens is 920 g/mol. The summed E-state index contributed by atoms with van der Waals surface area (Å²) in [5.74, 6) is 0.0503. The van der Waals surface area contributed by atoms with Gasteiger partial charge in [0.2, 0.25) is 0 Å². The van der Waals surface area contributed by atoms with Crippen LogP contribution in [0.2, 0.25) is 5.15 Å². The number of amides is 2. The average Bonchev–Trinajstić information content (AvgIpc) is 4.04. The lowest BCUT2D eigenvalue weighted by atomic mass is 9.95. The first-order valence-corrected chi connectivity index (χ1v) is 24.8. The van der Waals surface area contributed by atoms with Crippen LogP contribution in [-0.2, 0) is 48.4 Å². The number of nitrogens with one attached hydrogen (secondary N) is 2. The van der Waals surface area contributed by atoms with Gasteiger partial charge < -0.3 is 41.0 Å². The van der Waals surface area contributed by atoms with Crippen molar-refractivity contribution in [2.45, 2.75) is 121 Å². The molecule has 0 aliphatic carbocycles. The van der Waals surface area contributed by atoms with Crippen molar-refractivity contribution in [1.29, 1.82) is 0 Å². The van der Waals surface area contributed by atoms with E-state index in [0.717, 1.165) is 78.1 Å². The van der Waals surface area contributed by atoms with Gasteiger partial charge in [-0.1, -0.05) is 67.8 Å². The lowest BCUT2D eigenvalue weighted by molar-refractivity contribution is 0.0776. The second-order valence-electron chi connectivity index (χ2n) is 18.8. The minimum atomic E-state index is -0.828. The quantitative estimate of drug-likeness (QED) is 0.0204. The molecule has 6 atom stereocenters. The number of aryl methyl sites for hydroxylation is 2. The second kappa shape index (κ2) is 27.1. The Kier molecular flexibility index (Phi) is 20.8. The third-order valence-corrected chi connectivity index (χ3v) is 13.1. The Morgan fingerprint density at radius 2 is 1.21 bits per heavy atom. The highest BCUT2D eigenvalue weighted by molar-refractivity contribution is 6.29. The molecular formula is C54H71ClN10O6. The smallest absolute Gasteiger partial charge is 0.253 e. The van der Waals surface area contributed by atoms with Gasteiger partial charge in [-0.25, -0.2) is 4.98 Å². The maximum absolute atomic E-state index is 13.4. The van der Waals surface area contributed by atoms with Gasteiger partial charge in [0.25, 0.3) is 11.8 Å². The summed E-state index contributed by atoms with van der Waals surface area (Å²) in [6.07, 6.45) is 9.33. The lowest BCUT2D eigenvalue weighted by Crippen LogP contribution is -2.28. The molecule has 4 aromatic heterocycles. The van der Waals surface area contributed by atoms with E-state index in [2.05, 4.69) is 37.3 Å². The number of aliphatic hydroxyl groups excluding tert-OH is 2. The van der Waals surface area contributed by atoms with Crippen LogP contribution in [0.25, 0.3) is 0 Å². The number of benzene rings is 2. The largest absolute Gasteiger partial charge is 0.387 e. The molecule has 4 heterocycles. The molecule has 2 amide bonds. The molecule has 0 aliphatic heterocycles. The van der Waals surface area contributed by atoms with Crippen LogP contribution >= 0.6 is 11.6 Å². The number of carbonyl (C=O) groups excluding carboxylic acids is 2. The van der Waals surface area contributed by atoms with E-state index >= 15 is 0 Å². The number of H-pyrrole nitrogens is 2. The second-order valence-corrected chi connectivity index (χ2v) is 19.2. The molecule has 380 valence electrons. The summed E-state index contributed by atoms with van der Waals surface area (Å²) >= 11 is 5.86. The number of hydrogen-bond acceptors (Lipinski definition) is 12. The number of pyridine rings is 2. The number of halogens is 1. The number of methoxy groups -OCH3 is 2. The van der Waals surface area contributed by atoms with Gasteiger partial charge in [-0.15, -0.1) is 0 Å². The van der Waals surface area contributed by atoms with Crippen molar-refractivity contribution in [3.05, 3.63) is 164 Å². The van der Waals surface area contributed by atoms with Crippen molar-refractivity contribution in [3.63, 3.8) is 0 Å². The van der Waals surface area contributed by atoms with E-state index in [9.17, 15) is 19.8 Å². The number of aliphatic hydroxyl groups is 2. The molecule has 6 rings (SSSR count). The Hall–Kier alpha value is -5.85. The molecule has 0 bridgehead atoms. The van der Waals surface area contributed by atoms with Crippen LogP contribution in [0.4, 0.5) is 0 Å². The minimum Gasteiger partial charge on any atom is -0.387 e. The Morgan fingerprint density at radius 3 is 1.70 bits per heavy atom. The van der Waals surface area contributed by atoms with Gasteiger partial charge in [-0.2, -0.15) is 10.2 Å². The summed E-state index contributed by atoms with van der Waals surface area (Å²) in [6.45, 7) is 3.33. The normalized spacial score (nSPS) is 14.1. The Balaban J connectivity index is 0.869. The van der Waals surface area contributed by atoms with E-state index < -0.39 is 24.3 Å². The fourth-order valence-electron chi connectivity index (χ4n) is 8.73. The Bertz CT molecular complexity index is 2540.